The van der Waals surface area contributed by atoms with Crippen molar-refractivity contribution in [1.82, 2.24) is 14.7 Å². The zero-order chi connectivity index (χ0) is 24.5. The van der Waals surface area contributed by atoms with Crippen LogP contribution in [0.1, 0.15) is 33.3 Å². The molecule has 35 heavy (non-hydrogen) atoms. The molecular formula is C27H29N3O4S. The van der Waals surface area contributed by atoms with Gasteiger partial charge in [0.25, 0.3) is 0 Å². The molecule has 5 rings (SSSR count). The summed E-state index contributed by atoms with van der Waals surface area (Å²) >= 11 is 1.84. The molecule has 2 aromatic carbocycles. The Morgan fingerprint density at radius 1 is 1.11 bits per heavy atom. The van der Waals surface area contributed by atoms with Gasteiger partial charge < -0.3 is 14.5 Å². The number of thiophene rings is 1. The maximum atomic E-state index is 13.5. The summed E-state index contributed by atoms with van der Waals surface area (Å²) in [5, 5.41) is 1.29. The van der Waals surface area contributed by atoms with Gasteiger partial charge in [-0.25, -0.2) is 0 Å². The van der Waals surface area contributed by atoms with Crippen LogP contribution in [0.15, 0.2) is 42.5 Å². The highest BCUT2D eigenvalue weighted by molar-refractivity contribution is 7.19. The SMILES string of the molecule is CCc1sc2ccccc2c1CN1CCN2C(=O)CN(Cc3cc(C=O)cc(OC)c3)C(=O)C2C1. The number of benzene rings is 2. The van der Waals surface area contributed by atoms with Crippen LogP contribution in [0.4, 0.5) is 0 Å². The fraction of sp³-hybridized carbons (Fsp3) is 0.370. The Labute approximate surface area is 208 Å². The number of carbonyl (C=O) groups excluding carboxylic acids is 3. The molecule has 1 unspecified atom stereocenters. The van der Waals surface area contributed by atoms with E-state index in [0.717, 1.165) is 31.4 Å². The van der Waals surface area contributed by atoms with Crippen molar-refractivity contribution in [1.29, 1.82) is 0 Å². The van der Waals surface area contributed by atoms with Crippen LogP contribution < -0.4 is 4.74 Å². The summed E-state index contributed by atoms with van der Waals surface area (Å²) in [6, 6.07) is 13.2. The number of amides is 2. The van der Waals surface area contributed by atoms with Gasteiger partial charge in [-0.15, -0.1) is 11.3 Å². The second-order valence-corrected chi connectivity index (χ2v) is 10.3. The summed E-state index contributed by atoms with van der Waals surface area (Å²) < 4.78 is 6.58. The Kier molecular flexibility index (Phi) is 6.58. The molecule has 0 saturated carbocycles. The van der Waals surface area contributed by atoms with Crippen molar-refractivity contribution in [3.8, 4) is 5.75 Å². The number of piperazine rings is 2. The Morgan fingerprint density at radius 3 is 2.71 bits per heavy atom. The van der Waals surface area contributed by atoms with Crippen LogP contribution in [0.25, 0.3) is 10.1 Å². The maximum Gasteiger partial charge on any atom is 0.247 e. The van der Waals surface area contributed by atoms with Crippen LogP contribution >= 0.6 is 11.3 Å². The molecular weight excluding hydrogens is 462 g/mol. The van der Waals surface area contributed by atoms with Gasteiger partial charge in [0.05, 0.1) is 7.11 Å². The number of hydrogen-bond donors (Lipinski definition) is 0. The highest BCUT2D eigenvalue weighted by Crippen LogP contribution is 2.33. The summed E-state index contributed by atoms with van der Waals surface area (Å²) in [7, 11) is 1.54. The second kappa shape index (κ2) is 9.79. The largest absolute Gasteiger partial charge is 0.497 e. The quantitative estimate of drug-likeness (QED) is 0.474. The van der Waals surface area contributed by atoms with E-state index < -0.39 is 6.04 Å². The van der Waals surface area contributed by atoms with Gasteiger partial charge in [-0.2, -0.15) is 0 Å². The minimum absolute atomic E-state index is 0.0250. The molecule has 7 nitrogen and oxygen atoms in total. The zero-order valence-electron chi connectivity index (χ0n) is 20.0. The summed E-state index contributed by atoms with van der Waals surface area (Å²) in [6.45, 7) is 5.11. The molecule has 2 aliphatic rings. The Hall–Kier alpha value is -3.23. The third-order valence-electron chi connectivity index (χ3n) is 6.93. The molecule has 3 aromatic rings. The monoisotopic (exact) mass is 491 g/mol. The second-order valence-electron chi connectivity index (χ2n) is 9.12. The maximum absolute atomic E-state index is 13.5. The molecule has 1 atom stereocenters. The van der Waals surface area contributed by atoms with E-state index in [1.54, 1.807) is 35.1 Å². The minimum atomic E-state index is -0.490. The van der Waals surface area contributed by atoms with Gasteiger partial charge in [-0.05, 0) is 47.2 Å². The number of methoxy groups -OCH3 is 1. The average Bonchev–Trinajstić information content (AvgIpc) is 3.24. The lowest BCUT2D eigenvalue weighted by Gasteiger charge is -2.46. The number of carbonyl (C=O) groups is 3. The van der Waals surface area contributed by atoms with Crippen molar-refractivity contribution >= 4 is 39.5 Å². The molecule has 2 amide bonds. The van der Waals surface area contributed by atoms with Crippen molar-refractivity contribution < 1.29 is 19.1 Å². The van der Waals surface area contributed by atoms with Crippen LogP contribution in [0, 0.1) is 0 Å². The number of aldehydes is 1. The molecule has 0 radical (unpaired) electrons. The van der Waals surface area contributed by atoms with E-state index in [1.165, 1.54) is 20.5 Å². The Morgan fingerprint density at radius 2 is 1.94 bits per heavy atom. The molecule has 2 aliphatic heterocycles. The molecule has 0 aliphatic carbocycles. The van der Waals surface area contributed by atoms with Crippen molar-refractivity contribution in [2.24, 2.45) is 0 Å². The predicted molar refractivity (Wildman–Crippen MR) is 136 cm³/mol. The normalized spacial score (nSPS) is 18.7. The predicted octanol–water partition coefficient (Wildman–Crippen LogP) is 3.34. The van der Waals surface area contributed by atoms with E-state index >= 15 is 0 Å². The summed E-state index contributed by atoms with van der Waals surface area (Å²) in [4.78, 5) is 44.8. The fourth-order valence-electron chi connectivity index (χ4n) is 5.19. The van der Waals surface area contributed by atoms with Crippen molar-refractivity contribution in [2.75, 3.05) is 33.3 Å². The van der Waals surface area contributed by atoms with E-state index in [0.29, 0.717) is 24.4 Å². The molecule has 2 fully saturated rings. The first-order valence-electron chi connectivity index (χ1n) is 11.9. The Bertz CT molecular complexity index is 1290. The highest BCUT2D eigenvalue weighted by Gasteiger charge is 2.42. The summed E-state index contributed by atoms with van der Waals surface area (Å²) in [6.07, 6.45) is 1.74. The minimum Gasteiger partial charge on any atom is -0.497 e. The molecule has 1 aromatic heterocycles. The molecule has 8 heteroatoms. The highest BCUT2D eigenvalue weighted by atomic mass is 32.1. The van der Waals surface area contributed by atoms with Gasteiger partial charge in [-0.1, -0.05) is 25.1 Å². The van der Waals surface area contributed by atoms with Gasteiger partial charge in [0.1, 0.15) is 24.6 Å². The van der Waals surface area contributed by atoms with E-state index in [2.05, 4.69) is 36.1 Å². The Balaban J connectivity index is 1.35. The van der Waals surface area contributed by atoms with E-state index in [1.807, 2.05) is 11.3 Å². The number of rotatable bonds is 7. The van der Waals surface area contributed by atoms with Crippen LogP contribution in [-0.2, 0) is 29.1 Å². The van der Waals surface area contributed by atoms with Gasteiger partial charge in [-0.3, -0.25) is 19.3 Å². The number of nitrogens with zero attached hydrogens (tertiary/aromatic N) is 3. The fourth-order valence-corrected chi connectivity index (χ4v) is 6.34. The third kappa shape index (κ3) is 4.56. The number of ether oxygens (including phenoxy) is 1. The van der Waals surface area contributed by atoms with E-state index in [9.17, 15) is 14.4 Å². The molecule has 0 N–H and O–H groups in total. The average molecular weight is 492 g/mol. The molecule has 0 bridgehead atoms. The van der Waals surface area contributed by atoms with Crippen molar-refractivity contribution in [3.63, 3.8) is 0 Å². The van der Waals surface area contributed by atoms with Crippen LogP contribution in [0.2, 0.25) is 0 Å². The molecule has 0 spiro atoms. The standard InChI is InChI=1S/C27H29N3O4S/c1-3-24-22(21-6-4-5-7-25(21)35-24)14-28-8-9-30-23(15-28)27(33)29(16-26(30)32)13-18-10-19(17-31)12-20(11-18)34-2/h4-7,10-12,17,23H,3,8-9,13-16H2,1-2H3. The van der Waals surface area contributed by atoms with E-state index in [4.69, 9.17) is 4.74 Å². The number of fused-ring (bicyclic) bond motifs is 2. The van der Waals surface area contributed by atoms with Gasteiger partial charge in [0, 0.05) is 47.9 Å². The first kappa shape index (κ1) is 23.5. The van der Waals surface area contributed by atoms with Gasteiger partial charge in [0.15, 0.2) is 0 Å². The van der Waals surface area contributed by atoms with Gasteiger partial charge in [0.2, 0.25) is 11.8 Å². The van der Waals surface area contributed by atoms with Crippen LogP contribution in [0.3, 0.4) is 0 Å². The summed E-state index contributed by atoms with van der Waals surface area (Å²) in [5.74, 6) is 0.485. The first-order chi connectivity index (χ1) is 17.0. The molecule has 182 valence electrons. The lowest BCUT2D eigenvalue weighted by atomic mass is 10.0. The lowest BCUT2D eigenvalue weighted by Crippen LogP contribution is -2.66. The number of aryl methyl sites for hydroxylation is 1. The summed E-state index contributed by atoms with van der Waals surface area (Å²) in [5.41, 5.74) is 2.59. The number of hydrogen-bond acceptors (Lipinski definition) is 6. The third-order valence-corrected chi connectivity index (χ3v) is 8.28. The zero-order valence-corrected chi connectivity index (χ0v) is 20.8. The van der Waals surface area contributed by atoms with Crippen LogP contribution in [0.5, 0.6) is 5.75 Å². The van der Waals surface area contributed by atoms with Crippen LogP contribution in [-0.4, -0.2) is 72.1 Å². The lowest BCUT2D eigenvalue weighted by molar-refractivity contribution is -0.160. The van der Waals surface area contributed by atoms with Gasteiger partial charge >= 0.3 is 0 Å². The molecule has 2 saturated heterocycles. The van der Waals surface area contributed by atoms with E-state index in [-0.39, 0.29) is 24.9 Å². The molecule has 3 heterocycles. The van der Waals surface area contributed by atoms with Crippen molar-refractivity contribution in [2.45, 2.75) is 32.5 Å². The first-order valence-corrected chi connectivity index (χ1v) is 12.8. The smallest absolute Gasteiger partial charge is 0.247 e. The van der Waals surface area contributed by atoms with Crippen molar-refractivity contribution in [3.05, 3.63) is 64.0 Å². The topological polar surface area (TPSA) is 70.2 Å².